The van der Waals surface area contributed by atoms with E-state index in [4.69, 9.17) is 0 Å². The second kappa shape index (κ2) is 4.06. The fourth-order valence-electron chi connectivity index (χ4n) is 2.04. The van der Waals surface area contributed by atoms with Gasteiger partial charge in [0.25, 0.3) is 0 Å². The molecule has 0 saturated carbocycles. The summed E-state index contributed by atoms with van der Waals surface area (Å²) in [6, 6.07) is 10.1. The summed E-state index contributed by atoms with van der Waals surface area (Å²) in [5.41, 5.74) is 6.03. The molecular weight excluding hydrogens is 222 g/mol. The van der Waals surface area contributed by atoms with Crippen LogP contribution >= 0.6 is 0 Å². The molecule has 2 heterocycles. The van der Waals surface area contributed by atoms with Gasteiger partial charge in [-0.1, -0.05) is 24.8 Å². The van der Waals surface area contributed by atoms with Gasteiger partial charge in [-0.3, -0.25) is 4.90 Å². The minimum absolute atomic E-state index is 0.850. The number of hydrogen-bond donors (Lipinski definition) is 1. The van der Waals surface area contributed by atoms with E-state index in [1.807, 2.05) is 54.4 Å². The van der Waals surface area contributed by atoms with Crippen molar-refractivity contribution in [3.05, 3.63) is 72.0 Å². The fraction of sp³-hybridized carbons (Fsp3) is 0.0667. The molecule has 0 amide bonds. The molecule has 2 aliphatic heterocycles. The second-order valence-electron chi connectivity index (χ2n) is 4.18. The zero-order valence-corrected chi connectivity index (χ0v) is 10.1. The Balaban J connectivity index is 2.13. The first-order valence-corrected chi connectivity index (χ1v) is 5.78. The van der Waals surface area contributed by atoms with Crippen molar-refractivity contribution in [2.75, 3.05) is 4.90 Å². The lowest BCUT2D eigenvalue weighted by atomic mass is 10.1. The zero-order chi connectivity index (χ0) is 12.5. The summed E-state index contributed by atoms with van der Waals surface area (Å²) < 4.78 is 0. The molecule has 3 rings (SSSR count). The van der Waals surface area contributed by atoms with Crippen molar-refractivity contribution in [3.8, 4) is 0 Å². The standard InChI is InChI=1S/C15H13N3/c1-11-14-9-6-10-18(13-7-4-3-5-8-13)15(14)17-12(2)16-11/h3-5,7-10H,1H2,2H3,(H,16,17). The Labute approximate surface area is 106 Å². The molecule has 1 aromatic rings. The molecule has 18 heavy (non-hydrogen) atoms. The lowest BCUT2D eigenvalue weighted by molar-refractivity contribution is 0.989. The number of allylic oxidation sites excluding steroid dienone is 1. The van der Waals surface area contributed by atoms with Crippen LogP contribution in [0, 0.1) is 0 Å². The van der Waals surface area contributed by atoms with E-state index < -0.39 is 0 Å². The Hall–Kier alpha value is -2.51. The molecule has 0 saturated heterocycles. The minimum Gasteiger partial charge on any atom is -0.344 e. The topological polar surface area (TPSA) is 27.6 Å². The molecule has 3 heteroatoms. The number of hydrogen-bond acceptors (Lipinski definition) is 3. The number of para-hydroxylation sites is 1. The number of amidine groups is 1. The van der Waals surface area contributed by atoms with Gasteiger partial charge >= 0.3 is 0 Å². The van der Waals surface area contributed by atoms with Crippen LogP contribution in [0.4, 0.5) is 5.69 Å². The third-order valence-electron chi connectivity index (χ3n) is 2.87. The van der Waals surface area contributed by atoms with Crippen molar-refractivity contribution < 1.29 is 0 Å². The van der Waals surface area contributed by atoms with Crippen LogP contribution in [-0.4, -0.2) is 5.84 Å². The molecule has 2 aliphatic rings. The van der Waals surface area contributed by atoms with Crippen LogP contribution in [0.1, 0.15) is 6.92 Å². The van der Waals surface area contributed by atoms with E-state index in [1.54, 1.807) is 0 Å². The molecule has 0 aliphatic carbocycles. The highest BCUT2D eigenvalue weighted by Gasteiger charge is 2.21. The molecule has 0 unspecified atom stereocenters. The van der Waals surface area contributed by atoms with Crippen LogP contribution in [0.3, 0.4) is 0 Å². The van der Waals surface area contributed by atoms with Gasteiger partial charge in [-0.2, -0.15) is 0 Å². The van der Waals surface area contributed by atoms with E-state index in [9.17, 15) is 0 Å². The first-order chi connectivity index (χ1) is 8.75. The lowest BCUT2D eigenvalue weighted by Crippen LogP contribution is -2.30. The number of aliphatic imine (C=N–C) groups is 1. The van der Waals surface area contributed by atoms with Gasteiger partial charge in [-0.25, -0.2) is 4.99 Å². The van der Waals surface area contributed by atoms with Gasteiger partial charge < -0.3 is 5.32 Å². The van der Waals surface area contributed by atoms with Crippen LogP contribution < -0.4 is 10.2 Å². The van der Waals surface area contributed by atoms with Gasteiger partial charge in [0.1, 0.15) is 11.7 Å². The van der Waals surface area contributed by atoms with Crippen molar-refractivity contribution in [3.63, 3.8) is 0 Å². The summed E-state index contributed by atoms with van der Waals surface area (Å²) in [5.74, 6) is 1.74. The number of anilines is 1. The largest absolute Gasteiger partial charge is 0.344 e. The van der Waals surface area contributed by atoms with Crippen molar-refractivity contribution in [2.24, 2.45) is 4.99 Å². The normalized spacial score (nSPS) is 17.5. The molecule has 0 radical (unpaired) electrons. The Morgan fingerprint density at radius 1 is 1.28 bits per heavy atom. The fourth-order valence-corrected chi connectivity index (χ4v) is 2.04. The number of rotatable bonds is 1. The number of nitrogens with zero attached hydrogens (tertiary/aromatic N) is 2. The zero-order valence-electron chi connectivity index (χ0n) is 10.1. The molecule has 0 aromatic heterocycles. The monoisotopic (exact) mass is 235 g/mol. The summed E-state index contributed by atoms with van der Waals surface area (Å²) >= 11 is 0. The van der Waals surface area contributed by atoms with Gasteiger partial charge in [0.15, 0.2) is 0 Å². The van der Waals surface area contributed by atoms with E-state index in [0.29, 0.717) is 0 Å². The summed E-state index contributed by atoms with van der Waals surface area (Å²) in [5, 5.41) is 3.14. The summed E-state index contributed by atoms with van der Waals surface area (Å²) in [7, 11) is 0. The minimum atomic E-state index is 0.850. The average Bonchev–Trinajstić information content (AvgIpc) is 2.39. The van der Waals surface area contributed by atoms with Crippen LogP contribution in [0.25, 0.3) is 0 Å². The van der Waals surface area contributed by atoms with Crippen molar-refractivity contribution >= 4 is 11.5 Å². The van der Waals surface area contributed by atoms with E-state index in [1.165, 1.54) is 0 Å². The molecule has 3 nitrogen and oxygen atoms in total. The highest BCUT2D eigenvalue weighted by atomic mass is 15.2. The SMILES string of the molecule is C=C1NC(C)=NC2=C1C=C=CN2c1ccccc1. The highest BCUT2D eigenvalue weighted by Crippen LogP contribution is 2.29. The molecule has 88 valence electrons. The molecule has 0 atom stereocenters. The van der Waals surface area contributed by atoms with Crippen LogP contribution in [0.15, 0.2) is 77.0 Å². The first kappa shape index (κ1) is 10.6. The van der Waals surface area contributed by atoms with E-state index in [-0.39, 0.29) is 0 Å². The third kappa shape index (κ3) is 1.67. The van der Waals surface area contributed by atoms with E-state index in [0.717, 1.165) is 28.6 Å². The predicted octanol–water partition coefficient (Wildman–Crippen LogP) is 2.92. The van der Waals surface area contributed by atoms with Crippen LogP contribution in [0.5, 0.6) is 0 Å². The maximum atomic E-state index is 4.56. The predicted molar refractivity (Wildman–Crippen MR) is 74.0 cm³/mol. The van der Waals surface area contributed by atoms with Gasteiger partial charge in [0.05, 0.1) is 6.20 Å². The molecule has 1 N–H and O–H groups in total. The Morgan fingerprint density at radius 2 is 2.06 bits per heavy atom. The van der Waals surface area contributed by atoms with E-state index in [2.05, 4.69) is 22.6 Å². The summed E-state index contributed by atoms with van der Waals surface area (Å²) in [6.07, 6.45) is 3.80. The lowest BCUT2D eigenvalue weighted by Gasteiger charge is -2.28. The number of nitrogens with one attached hydrogen (secondary N) is 1. The average molecular weight is 235 g/mol. The van der Waals surface area contributed by atoms with Gasteiger partial charge in [0.2, 0.25) is 0 Å². The van der Waals surface area contributed by atoms with Gasteiger partial charge in [-0.05, 0) is 25.1 Å². The van der Waals surface area contributed by atoms with E-state index >= 15 is 0 Å². The molecular formula is C15H13N3. The molecule has 0 fully saturated rings. The van der Waals surface area contributed by atoms with Crippen molar-refractivity contribution in [2.45, 2.75) is 6.92 Å². The Morgan fingerprint density at radius 3 is 2.83 bits per heavy atom. The quantitative estimate of drug-likeness (QED) is 0.758. The van der Waals surface area contributed by atoms with Crippen molar-refractivity contribution in [1.82, 2.24) is 5.32 Å². The second-order valence-corrected chi connectivity index (χ2v) is 4.18. The van der Waals surface area contributed by atoms with Crippen molar-refractivity contribution in [1.29, 1.82) is 0 Å². The van der Waals surface area contributed by atoms with Crippen LogP contribution in [-0.2, 0) is 0 Å². The molecule has 0 bridgehead atoms. The van der Waals surface area contributed by atoms with Gasteiger partial charge in [0, 0.05) is 17.0 Å². The third-order valence-corrected chi connectivity index (χ3v) is 2.87. The maximum absolute atomic E-state index is 4.56. The molecule has 1 aromatic carbocycles. The first-order valence-electron chi connectivity index (χ1n) is 5.78. The van der Waals surface area contributed by atoms with Crippen LogP contribution in [0.2, 0.25) is 0 Å². The Kier molecular flexibility index (Phi) is 2.40. The van der Waals surface area contributed by atoms with Gasteiger partial charge in [-0.15, -0.1) is 5.73 Å². The number of benzene rings is 1. The summed E-state index contributed by atoms with van der Waals surface area (Å²) in [4.78, 5) is 6.58. The summed E-state index contributed by atoms with van der Waals surface area (Å²) in [6.45, 7) is 5.95. The Bertz CT molecular complexity index is 629. The smallest absolute Gasteiger partial charge is 0.149 e. The maximum Gasteiger partial charge on any atom is 0.149 e. The highest BCUT2D eigenvalue weighted by molar-refractivity contribution is 5.86. The molecule has 0 spiro atoms.